The van der Waals surface area contributed by atoms with E-state index in [0.29, 0.717) is 36.8 Å². The van der Waals surface area contributed by atoms with Gasteiger partial charge in [-0.15, -0.1) is 0 Å². The van der Waals surface area contributed by atoms with Crippen molar-refractivity contribution >= 4 is 17.5 Å². The second-order valence-electron chi connectivity index (χ2n) is 8.14. The first-order chi connectivity index (χ1) is 15.3. The zero-order chi connectivity index (χ0) is 23.1. The molecule has 7 heteroatoms. The summed E-state index contributed by atoms with van der Waals surface area (Å²) in [5.41, 5.74) is 3.90. The number of hydrogen-bond acceptors (Lipinski definition) is 5. The summed E-state index contributed by atoms with van der Waals surface area (Å²) in [4.78, 5) is 24.5. The summed E-state index contributed by atoms with van der Waals surface area (Å²) < 4.78 is 10.9. The van der Waals surface area contributed by atoms with Crippen LogP contribution >= 0.6 is 0 Å². The Labute approximate surface area is 188 Å². The number of anilines is 1. The van der Waals surface area contributed by atoms with Gasteiger partial charge in [0, 0.05) is 24.2 Å². The van der Waals surface area contributed by atoms with Crippen LogP contribution in [-0.2, 0) is 17.9 Å². The number of nitrogens with zero attached hydrogens (tertiary/aromatic N) is 1. The normalized spacial score (nSPS) is 10.8. The molecule has 3 rings (SSSR count). The highest BCUT2D eigenvalue weighted by molar-refractivity contribution is 5.94. The molecule has 1 aromatic heterocycles. The minimum atomic E-state index is -0.184. The van der Waals surface area contributed by atoms with Crippen molar-refractivity contribution in [3.8, 4) is 5.75 Å². The lowest BCUT2D eigenvalue weighted by atomic mass is 10.1. The molecule has 2 N–H and O–H groups in total. The SMILES string of the molecule is Cc1noc(C)c1COc1ccc(C(=O)NCc2cccc(NC(=O)CC(C)C)c2)cc1. The Hall–Kier alpha value is -3.61. The van der Waals surface area contributed by atoms with Crippen molar-refractivity contribution in [3.05, 3.63) is 76.7 Å². The molecule has 1 heterocycles. The van der Waals surface area contributed by atoms with Gasteiger partial charge in [-0.25, -0.2) is 0 Å². The van der Waals surface area contributed by atoms with Gasteiger partial charge in [0.15, 0.2) is 0 Å². The van der Waals surface area contributed by atoms with Gasteiger partial charge in [0.2, 0.25) is 5.91 Å². The summed E-state index contributed by atoms with van der Waals surface area (Å²) in [6.45, 7) is 8.44. The van der Waals surface area contributed by atoms with E-state index < -0.39 is 0 Å². The maximum atomic E-state index is 12.5. The number of nitrogens with one attached hydrogen (secondary N) is 2. The topological polar surface area (TPSA) is 93.5 Å². The summed E-state index contributed by atoms with van der Waals surface area (Å²) in [5, 5.41) is 9.71. The minimum Gasteiger partial charge on any atom is -0.489 e. The lowest BCUT2D eigenvalue weighted by Crippen LogP contribution is -2.22. The molecular formula is C25H29N3O4. The van der Waals surface area contributed by atoms with Crippen molar-refractivity contribution in [2.45, 2.75) is 47.3 Å². The Kier molecular flexibility index (Phi) is 7.65. The van der Waals surface area contributed by atoms with Gasteiger partial charge < -0.3 is 19.9 Å². The van der Waals surface area contributed by atoms with Crippen molar-refractivity contribution in [2.75, 3.05) is 5.32 Å². The van der Waals surface area contributed by atoms with E-state index in [1.54, 1.807) is 24.3 Å². The highest BCUT2D eigenvalue weighted by atomic mass is 16.5. The second-order valence-corrected chi connectivity index (χ2v) is 8.14. The summed E-state index contributed by atoms with van der Waals surface area (Å²) in [6.07, 6.45) is 0.471. The molecule has 0 radical (unpaired) electrons. The third kappa shape index (κ3) is 6.44. The zero-order valence-corrected chi connectivity index (χ0v) is 18.9. The number of aromatic nitrogens is 1. The van der Waals surface area contributed by atoms with Crippen LogP contribution < -0.4 is 15.4 Å². The fourth-order valence-electron chi connectivity index (χ4n) is 3.19. The Morgan fingerprint density at radius 3 is 2.50 bits per heavy atom. The molecule has 3 aromatic rings. The number of amides is 2. The fraction of sp³-hybridized carbons (Fsp3) is 0.320. The zero-order valence-electron chi connectivity index (χ0n) is 18.9. The average Bonchev–Trinajstić information content (AvgIpc) is 3.08. The maximum Gasteiger partial charge on any atom is 0.251 e. The number of benzene rings is 2. The smallest absolute Gasteiger partial charge is 0.251 e. The molecule has 2 aromatic carbocycles. The van der Waals surface area contributed by atoms with Crippen LogP contribution in [0.4, 0.5) is 5.69 Å². The monoisotopic (exact) mass is 435 g/mol. The Balaban J connectivity index is 1.52. The summed E-state index contributed by atoms with van der Waals surface area (Å²) in [6, 6.07) is 14.4. The molecule has 0 spiro atoms. The maximum absolute atomic E-state index is 12.5. The van der Waals surface area contributed by atoms with Crippen molar-refractivity contribution in [1.29, 1.82) is 0 Å². The molecule has 7 nitrogen and oxygen atoms in total. The van der Waals surface area contributed by atoms with Gasteiger partial charge in [0.05, 0.1) is 11.3 Å². The molecule has 0 aliphatic carbocycles. The van der Waals surface area contributed by atoms with E-state index in [0.717, 1.165) is 28.3 Å². The van der Waals surface area contributed by atoms with E-state index >= 15 is 0 Å². The Bertz CT molecular complexity index is 1050. The van der Waals surface area contributed by atoms with E-state index in [-0.39, 0.29) is 11.8 Å². The second kappa shape index (κ2) is 10.6. The van der Waals surface area contributed by atoms with Crippen molar-refractivity contribution in [1.82, 2.24) is 10.5 Å². The van der Waals surface area contributed by atoms with E-state index in [9.17, 15) is 9.59 Å². The molecule has 2 amide bonds. The van der Waals surface area contributed by atoms with Crippen molar-refractivity contribution in [3.63, 3.8) is 0 Å². The van der Waals surface area contributed by atoms with Gasteiger partial charge in [-0.1, -0.05) is 31.1 Å². The average molecular weight is 436 g/mol. The molecule has 0 unspecified atom stereocenters. The van der Waals surface area contributed by atoms with Crippen LogP contribution in [0.2, 0.25) is 0 Å². The van der Waals surface area contributed by atoms with E-state index in [4.69, 9.17) is 9.26 Å². The predicted octanol–water partition coefficient (Wildman–Crippen LogP) is 4.79. The molecule has 0 aliphatic heterocycles. The molecule has 168 valence electrons. The molecule has 0 bridgehead atoms. The molecular weight excluding hydrogens is 406 g/mol. The number of rotatable bonds is 9. The van der Waals surface area contributed by atoms with Crippen LogP contribution in [0.5, 0.6) is 5.75 Å². The first kappa shape index (κ1) is 23.1. The molecule has 0 aliphatic rings. The largest absolute Gasteiger partial charge is 0.489 e. The van der Waals surface area contributed by atoms with E-state index in [1.807, 2.05) is 52.0 Å². The van der Waals surface area contributed by atoms with Crippen molar-refractivity contribution in [2.24, 2.45) is 5.92 Å². The van der Waals surface area contributed by atoms with Gasteiger partial charge in [-0.2, -0.15) is 0 Å². The minimum absolute atomic E-state index is 0.0159. The lowest BCUT2D eigenvalue weighted by Gasteiger charge is -2.10. The van der Waals surface area contributed by atoms with Crippen molar-refractivity contribution < 1.29 is 18.8 Å². The summed E-state index contributed by atoms with van der Waals surface area (Å²) in [5.74, 6) is 1.49. The number of carbonyl (C=O) groups is 2. The molecule has 0 saturated carbocycles. The van der Waals surface area contributed by atoms with Gasteiger partial charge in [0.1, 0.15) is 18.1 Å². The highest BCUT2D eigenvalue weighted by Crippen LogP contribution is 2.18. The van der Waals surface area contributed by atoms with Crippen LogP contribution in [0.3, 0.4) is 0 Å². The van der Waals surface area contributed by atoms with Crippen LogP contribution in [0.15, 0.2) is 53.1 Å². The van der Waals surface area contributed by atoms with Gasteiger partial charge >= 0.3 is 0 Å². The van der Waals surface area contributed by atoms with Crippen LogP contribution in [0, 0.1) is 19.8 Å². The summed E-state index contributed by atoms with van der Waals surface area (Å²) >= 11 is 0. The van der Waals surface area contributed by atoms with Gasteiger partial charge in [-0.3, -0.25) is 9.59 Å². The Morgan fingerprint density at radius 1 is 1.09 bits per heavy atom. The highest BCUT2D eigenvalue weighted by Gasteiger charge is 2.11. The van der Waals surface area contributed by atoms with Gasteiger partial charge in [-0.05, 0) is 61.7 Å². The molecule has 32 heavy (non-hydrogen) atoms. The fourth-order valence-corrected chi connectivity index (χ4v) is 3.19. The predicted molar refractivity (Wildman–Crippen MR) is 122 cm³/mol. The third-order valence-corrected chi connectivity index (χ3v) is 4.94. The number of hydrogen-bond donors (Lipinski definition) is 2. The quantitative estimate of drug-likeness (QED) is 0.504. The van der Waals surface area contributed by atoms with E-state index in [2.05, 4.69) is 15.8 Å². The lowest BCUT2D eigenvalue weighted by molar-refractivity contribution is -0.116. The van der Waals surface area contributed by atoms with E-state index in [1.165, 1.54) is 0 Å². The third-order valence-electron chi connectivity index (χ3n) is 4.94. The molecule has 0 atom stereocenters. The van der Waals surface area contributed by atoms with Crippen LogP contribution in [0.1, 0.15) is 53.2 Å². The van der Waals surface area contributed by atoms with Crippen LogP contribution in [0.25, 0.3) is 0 Å². The first-order valence-electron chi connectivity index (χ1n) is 10.6. The van der Waals surface area contributed by atoms with Crippen LogP contribution in [-0.4, -0.2) is 17.0 Å². The summed E-state index contributed by atoms with van der Waals surface area (Å²) in [7, 11) is 0. The molecule has 0 saturated heterocycles. The number of ether oxygens (including phenoxy) is 1. The van der Waals surface area contributed by atoms with Gasteiger partial charge in [0.25, 0.3) is 5.91 Å². The standard InChI is InChI=1S/C25H29N3O4/c1-16(2)12-24(29)27-21-7-5-6-19(13-21)14-26-25(30)20-8-10-22(11-9-20)31-15-23-17(3)28-32-18(23)4/h5-11,13,16H,12,14-15H2,1-4H3,(H,26,30)(H,27,29). The number of aryl methyl sites for hydroxylation is 2. The Morgan fingerprint density at radius 2 is 1.84 bits per heavy atom. The molecule has 0 fully saturated rings. The first-order valence-corrected chi connectivity index (χ1v) is 10.6. The number of carbonyl (C=O) groups excluding carboxylic acids is 2.